The topological polar surface area (TPSA) is 102 Å². The SMILES string of the molecule is C=CCNC(=O)CN1CCN(C(C)C(=O)Nc2ccc(C)c(S(=O)(=O)N(CC)CC)c2)CC1. The number of sulfonamides is 1. The molecule has 1 aromatic carbocycles. The molecule has 33 heavy (non-hydrogen) atoms. The number of nitrogens with zero attached hydrogens (tertiary/aromatic N) is 3. The summed E-state index contributed by atoms with van der Waals surface area (Å²) in [4.78, 5) is 29.1. The van der Waals surface area contributed by atoms with Gasteiger partial charge >= 0.3 is 0 Å². The van der Waals surface area contributed by atoms with E-state index in [2.05, 4.69) is 27.0 Å². The molecule has 1 fully saturated rings. The Morgan fingerprint density at radius 1 is 1.18 bits per heavy atom. The van der Waals surface area contributed by atoms with E-state index in [1.165, 1.54) is 10.4 Å². The highest BCUT2D eigenvalue weighted by molar-refractivity contribution is 7.89. The number of carbonyl (C=O) groups is 2. The molecule has 0 aromatic heterocycles. The van der Waals surface area contributed by atoms with Crippen LogP contribution in [0.4, 0.5) is 5.69 Å². The van der Waals surface area contributed by atoms with Crippen molar-refractivity contribution in [2.75, 3.05) is 57.7 Å². The number of nitrogens with one attached hydrogen (secondary N) is 2. The number of hydrogen-bond acceptors (Lipinski definition) is 6. The first-order valence-electron chi connectivity index (χ1n) is 11.4. The number of amides is 2. The molecule has 0 saturated carbocycles. The number of rotatable bonds is 11. The Kier molecular flexibility index (Phi) is 10.0. The van der Waals surface area contributed by atoms with Crippen LogP contribution < -0.4 is 10.6 Å². The van der Waals surface area contributed by atoms with Crippen LogP contribution in [0.25, 0.3) is 0 Å². The van der Waals surface area contributed by atoms with E-state index < -0.39 is 10.0 Å². The van der Waals surface area contributed by atoms with Gasteiger partial charge in [0.05, 0.1) is 17.5 Å². The second-order valence-electron chi connectivity index (χ2n) is 8.14. The minimum absolute atomic E-state index is 0.0380. The molecule has 1 aliphatic rings. The highest BCUT2D eigenvalue weighted by atomic mass is 32.2. The second-order valence-corrected chi connectivity index (χ2v) is 10.0. The lowest BCUT2D eigenvalue weighted by Gasteiger charge is -2.37. The third kappa shape index (κ3) is 7.10. The smallest absolute Gasteiger partial charge is 0.243 e. The summed E-state index contributed by atoms with van der Waals surface area (Å²) in [5, 5.41) is 5.64. The number of aryl methyl sites for hydroxylation is 1. The van der Waals surface area contributed by atoms with Gasteiger partial charge < -0.3 is 10.6 Å². The van der Waals surface area contributed by atoms with Gasteiger partial charge in [-0.2, -0.15) is 4.31 Å². The van der Waals surface area contributed by atoms with Crippen LogP contribution in [0.3, 0.4) is 0 Å². The molecule has 10 heteroatoms. The molecule has 0 spiro atoms. The zero-order chi connectivity index (χ0) is 24.6. The molecule has 184 valence electrons. The molecular weight excluding hydrogens is 442 g/mol. The Balaban J connectivity index is 1.99. The number of benzene rings is 1. The van der Waals surface area contributed by atoms with Crippen LogP contribution >= 0.6 is 0 Å². The van der Waals surface area contributed by atoms with Crippen molar-refractivity contribution in [2.45, 2.75) is 38.6 Å². The van der Waals surface area contributed by atoms with Crippen LogP contribution in [0, 0.1) is 6.92 Å². The van der Waals surface area contributed by atoms with Crippen LogP contribution in [0.15, 0.2) is 35.7 Å². The van der Waals surface area contributed by atoms with Gasteiger partial charge in [0.25, 0.3) is 0 Å². The molecule has 0 bridgehead atoms. The number of hydrogen-bond donors (Lipinski definition) is 2. The molecule has 1 saturated heterocycles. The number of piperazine rings is 1. The van der Waals surface area contributed by atoms with Gasteiger partial charge in [-0.25, -0.2) is 8.42 Å². The molecular formula is C23H37N5O4S. The van der Waals surface area contributed by atoms with Crippen LogP contribution in [-0.4, -0.2) is 92.7 Å². The van der Waals surface area contributed by atoms with Gasteiger partial charge in [-0.15, -0.1) is 6.58 Å². The van der Waals surface area contributed by atoms with Crippen molar-refractivity contribution in [1.82, 2.24) is 19.4 Å². The Labute approximate surface area is 197 Å². The summed E-state index contributed by atoms with van der Waals surface area (Å²) in [5.41, 5.74) is 1.10. The molecule has 2 N–H and O–H groups in total. The third-order valence-electron chi connectivity index (χ3n) is 5.92. The minimum Gasteiger partial charge on any atom is -0.352 e. The zero-order valence-electron chi connectivity index (χ0n) is 20.1. The van der Waals surface area contributed by atoms with Crippen molar-refractivity contribution >= 4 is 27.5 Å². The Morgan fingerprint density at radius 3 is 2.39 bits per heavy atom. The normalized spacial score (nSPS) is 16.4. The maximum absolute atomic E-state index is 13.0. The van der Waals surface area contributed by atoms with E-state index in [1.807, 2.05) is 6.92 Å². The Morgan fingerprint density at radius 2 is 1.82 bits per heavy atom. The van der Waals surface area contributed by atoms with Crippen molar-refractivity contribution in [2.24, 2.45) is 0 Å². The summed E-state index contributed by atoms with van der Waals surface area (Å²) in [6, 6.07) is 4.59. The molecule has 1 aromatic rings. The van der Waals surface area contributed by atoms with Crippen LogP contribution in [0.5, 0.6) is 0 Å². The van der Waals surface area contributed by atoms with Crippen LogP contribution in [0.2, 0.25) is 0 Å². The first-order chi connectivity index (χ1) is 15.6. The van der Waals surface area contributed by atoms with Crippen molar-refractivity contribution < 1.29 is 18.0 Å². The van der Waals surface area contributed by atoms with Gasteiger partial charge in [0.1, 0.15) is 0 Å². The monoisotopic (exact) mass is 479 g/mol. The largest absolute Gasteiger partial charge is 0.352 e. The van der Waals surface area contributed by atoms with Crippen molar-refractivity contribution in [3.05, 3.63) is 36.4 Å². The quantitative estimate of drug-likeness (QED) is 0.464. The van der Waals surface area contributed by atoms with Crippen molar-refractivity contribution in [1.29, 1.82) is 0 Å². The van der Waals surface area contributed by atoms with E-state index in [0.717, 1.165) is 0 Å². The molecule has 0 radical (unpaired) electrons. The molecule has 1 atom stereocenters. The molecule has 9 nitrogen and oxygen atoms in total. The summed E-state index contributed by atoms with van der Waals surface area (Å²) in [5.74, 6) is -0.230. The fraction of sp³-hybridized carbons (Fsp3) is 0.565. The lowest BCUT2D eigenvalue weighted by atomic mass is 10.2. The molecule has 1 unspecified atom stereocenters. The standard InChI is InChI=1S/C23H37N5O4S/c1-6-11-24-22(29)17-26-12-14-27(15-13-26)19(5)23(30)25-20-10-9-18(4)21(16-20)33(31,32)28(7-2)8-3/h6,9-10,16,19H,1,7-8,11-15,17H2,2-5H3,(H,24,29)(H,25,30). The summed E-state index contributed by atoms with van der Waals surface area (Å²) >= 11 is 0. The van der Waals surface area contributed by atoms with Crippen molar-refractivity contribution in [3.8, 4) is 0 Å². The average Bonchev–Trinajstić information content (AvgIpc) is 2.79. The number of carbonyl (C=O) groups excluding carboxylic acids is 2. The second kappa shape index (κ2) is 12.3. The van der Waals surface area contributed by atoms with Gasteiger partial charge in [0, 0.05) is 51.5 Å². The summed E-state index contributed by atoms with van der Waals surface area (Å²) in [6.45, 7) is 15.0. The van der Waals surface area contributed by atoms with E-state index >= 15 is 0 Å². The summed E-state index contributed by atoms with van der Waals surface area (Å²) in [6.07, 6.45) is 1.65. The minimum atomic E-state index is -3.63. The molecule has 1 aliphatic heterocycles. The van der Waals surface area contributed by atoms with E-state index in [4.69, 9.17) is 0 Å². The van der Waals surface area contributed by atoms with Gasteiger partial charge in [-0.05, 0) is 31.5 Å². The average molecular weight is 480 g/mol. The highest BCUT2D eigenvalue weighted by Gasteiger charge is 2.27. The molecule has 0 aliphatic carbocycles. The van der Waals surface area contributed by atoms with Gasteiger partial charge in [-0.3, -0.25) is 19.4 Å². The first kappa shape index (κ1) is 27.0. The molecule has 2 amide bonds. The Hall–Kier alpha value is -2.27. The maximum atomic E-state index is 13.0. The predicted octanol–water partition coefficient (Wildman–Crippen LogP) is 1.27. The molecule has 2 rings (SSSR count). The van der Waals surface area contributed by atoms with Gasteiger partial charge in [0.15, 0.2) is 0 Å². The zero-order valence-corrected chi connectivity index (χ0v) is 21.0. The molecule has 1 heterocycles. The Bertz CT molecular complexity index is 938. The third-order valence-corrected chi connectivity index (χ3v) is 8.12. The van der Waals surface area contributed by atoms with Crippen molar-refractivity contribution in [3.63, 3.8) is 0 Å². The fourth-order valence-corrected chi connectivity index (χ4v) is 5.53. The summed E-state index contributed by atoms with van der Waals surface area (Å²) in [7, 11) is -3.63. The first-order valence-corrected chi connectivity index (χ1v) is 12.8. The van der Waals surface area contributed by atoms with E-state index in [0.29, 0.717) is 63.6 Å². The predicted molar refractivity (Wildman–Crippen MR) is 131 cm³/mol. The summed E-state index contributed by atoms with van der Waals surface area (Å²) < 4.78 is 27.3. The fourth-order valence-electron chi connectivity index (χ4n) is 3.82. The van der Waals surface area contributed by atoms with E-state index in [9.17, 15) is 18.0 Å². The van der Waals surface area contributed by atoms with Crippen LogP contribution in [-0.2, 0) is 19.6 Å². The van der Waals surface area contributed by atoms with Crippen LogP contribution in [0.1, 0.15) is 26.3 Å². The van der Waals surface area contributed by atoms with E-state index in [-0.39, 0.29) is 22.8 Å². The highest BCUT2D eigenvalue weighted by Crippen LogP contribution is 2.24. The van der Waals surface area contributed by atoms with Gasteiger partial charge in [0.2, 0.25) is 21.8 Å². The van der Waals surface area contributed by atoms with Gasteiger partial charge in [-0.1, -0.05) is 26.0 Å². The maximum Gasteiger partial charge on any atom is 0.243 e. The van der Waals surface area contributed by atoms with E-state index in [1.54, 1.807) is 39.0 Å². The lowest BCUT2D eigenvalue weighted by Crippen LogP contribution is -2.54. The lowest BCUT2D eigenvalue weighted by molar-refractivity contribution is -0.124. The number of anilines is 1.